The molecular formula is C13H22N2O5. The Morgan fingerprint density at radius 2 is 2.15 bits per heavy atom. The van der Waals surface area contributed by atoms with Gasteiger partial charge in [-0.2, -0.15) is 0 Å². The molecule has 1 atom stereocenters. The van der Waals surface area contributed by atoms with Crippen molar-refractivity contribution in [3.63, 3.8) is 0 Å². The first kappa shape index (κ1) is 16.4. The maximum atomic E-state index is 12.2. The Bertz CT molecular complexity index is 370. The molecule has 7 heteroatoms. The van der Waals surface area contributed by atoms with Gasteiger partial charge < -0.3 is 20.1 Å². The van der Waals surface area contributed by atoms with E-state index in [1.165, 1.54) is 4.90 Å². The third-order valence-corrected chi connectivity index (χ3v) is 2.99. The molecule has 0 saturated carbocycles. The second-order valence-corrected chi connectivity index (χ2v) is 5.13. The van der Waals surface area contributed by atoms with E-state index < -0.39 is 12.0 Å². The van der Waals surface area contributed by atoms with Crippen molar-refractivity contribution < 1.29 is 24.2 Å². The van der Waals surface area contributed by atoms with E-state index in [0.717, 1.165) is 12.8 Å². The summed E-state index contributed by atoms with van der Waals surface area (Å²) in [5.41, 5.74) is 0. The Morgan fingerprint density at radius 1 is 1.45 bits per heavy atom. The summed E-state index contributed by atoms with van der Waals surface area (Å²) in [7, 11) is 0. The lowest BCUT2D eigenvalue weighted by Crippen LogP contribution is -2.49. The van der Waals surface area contributed by atoms with Gasteiger partial charge in [0.15, 0.2) is 0 Å². The summed E-state index contributed by atoms with van der Waals surface area (Å²) in [6.45, 7) is 3.63. The number of carbonyl (C=O) groups excluding carboxylic acids is 2. The van der Waals surface area contributed by atoms with Crippen LogP contribution in [0.5, 0.6) is 0 Å². The Labute approximate surface area is 118 Å². The molecule has 0 aromatic heterocycles. The van der Waals surface area contributed by atoms with E-state index in [4.69, 9.17) is 9.84 Å². The van der Waals surface area contributed by atoms with Crippen LogP contribution in [0.3, 0.4) is 0 Å². The minimum Gasteiger partial charge on any atom is -0.480 e. The third kappa shape index (κ3) is 5.56. The van der Waals surface area contributed by atoms with E-state index in [2.05, 4.69) is 5.32 Å². The van der Waals surface area contributed by atoms with Gasteiger partial charge in [0.2, 0.25) is 11.8 Å². The predicted molar refractivity (Wildman–Crippen MR) is 71.1 cm³/mol. The van der Waals surface area contributed by atoms with Crippen molar-refractivity contribution in [2.75, 3.05) is 19.7 Å². The van der Waals surface area contributed by atoms with Gasteiger partial charge >= 0.3 is 5.97 Å². The molecule has 1 aliphatic heterocycles. The highest BCUT2D eigenvalue weighted by atomic mass is 16.5. The van der Waals surface area contributed by atoms with Crippen LogP contribution < -0.4 is 5.32 Å². The third-order valence-electron chi connectivity index (χ3n) is 2.99. The number of ether oxygens (including phenoxy) is 1. The summed E-state index contributed by atoms with van der Waals surface area (Å²) in [6.07, 6.45) is 1.99. The molecule has 1 unspecified atom stereocenters. The fourth-order valence-corrected chi connectivity index (χ4v) is 2.04. The first-order valence-electron chi connectivity index (χ1n) is 6.81. The predicted octanol–water partition coefficient (Wildman–Crippen LogP) is -0.00670. The van der Waals surface area contributed by atoms with Crippen molar-refractivity contribution in [3.05, 3.63) is 0 Å². The quantitative estimate of drug-likeness (QED) is 0.716. The average Bonchev–Trinajstić information content (AvgIpc) is 2.51. The van der Waals surface area contributed by atoms with Crippen molar-refractivity contribution >= 4 is 17.8 Å². The molecule has 1 heterocycles. The van der Waals surface area contributed by atoms with Gasteiger partial charge in [-0.05, 0) is 33.1 Å². The van der Waals surface area contributed by atoms with Crippen molar-refractivity contribution in [1.29, 1.82) is 0 Å². The van der Waals surface area contributed by atoms with Gasteiger partial charge in [0.05, 0.1) is 6.10 Å². The van der Waals surface area contributed by atoms with Crippen LogP contribution in [0, 0.1) is 0 Å². The van der Waals surface area contributed by atoms with Crippen molar-refractivity contribution in [3.8, 4) is 0 Å². The topological polar surface area (TPSA) is 95.9 Å². The van der Waals surface area contributed by atoms with Crippen molar-refractivity contribution in [2.24, 2.45) is 0 Å². The molecule has 20 heavy (non-hydrogen) atoms. The number of likely N-dealkylation sites (tertiary alicyclic amines) is 1. The van der Waals surface area contributed by atoms with Gasteiger partial charge in [0, 0.05) is 6.54 Å². The van der Waals surface area contributed by atoms with E-state index >= 15 is 0 Å². The lowest BCUT2D eigenvalue weighted by atomic mass is 10.1. The fraction of sp³-hybridized carbons (Fsp3) is 0.769. The Morgan fingerprint density at radius 3 is 2.75 bits per heavy atom. The lowest BCUT2D eigenvalue weighted by molar-refractivity contribution is -0.145. The normalized spacial score (nSPS) is 19.9. The first-order valence-corrected chi connectivity index (χ1v) is 6.81. The lowest BCUT2D eigenvalue weighted by Gasteiger charge is -2.23. The van der Waals surface area contributed by atoms with Gasteiger partial charge in [0.1, 0.15) is 19.2 Å². The second kappa shape index (κ2) is 7.84. The zero-order chi connectivity index (χ0) is 15.1. The van der Waals surface area contributed by atoms with Crippen molar-refractivity contribution in [1.82, 2.24) is 10.2 Å². The van der Waals surface area contributed by atoms with E-state index in [9.17, 15) is 14.4 Å². The molecule has 0 radical (unpaired) electrons. The molecule has 0 bridgehead atoms. The summed E-state index contributed by atoms with van der Waals surface area (Å²) in [5.74, 6) is -1.73. The molecular weight excluding hydrogens is 264 g/mol. The average molecular weight is 286 g/mol. The van der Waals surface area contributed by atoms with Crippen LogP contribution in [0.1, 0.15) is 33.1 Å². The minimum atomic E-state index is -1.05. The number of nitrogens with zero attached hydrogens (tertiary/aromatic N) is 1. The highest BCUT2D eigenvalue weighted by Crippen LogP contribution is 2.12. The standard InChI is InChI=1S/C13H22N2O5/c1-9(2)20-8-11(16)14-10-5-3-4-6-15(13(10)19)7-12(17)18/h9-10H,3-8H2,1-2H3,(H,14,16)(H,17,18). The molecule has 0 aliphatic carbocycles. The number of rotatable bonds is 6. The van der Waals surface area contributed by atoms with Crippen LogP contribution >= 0.6 is 0 Å². The minimum absolute atomic E-state index is 0.0610. The molecule has 114 valence electrons. The molecule has 1 rings (SSSR count). The van der Waals surface area contributed by atoms with Crippen molar-refractivity contribution in [2.45, 2.75) is 45.3 Å². The molecule has 0 aromatic rings. The summed E-state index contributed by atoms with van der Waals surface area (Å²) in [6, 6.07) is -0.653. The summed E-state index contributed by atoms with van der Waals surface area (Å²) in [5, 5.41) is 11.4. The summed E-state index contributed by atoms with van der Waals surface area (Å²) >= 11 is 0. The monoisotopic (exact) mass is 286 g/mol. The smallest absolute Gasteiger partial charge is 0.323 e. The highest BCUT2D eigenvalue weighted by Gasteiger charge is 2.29. The number of carboxylic acid groups (broad SMARTS) is 1. The van der Waals surface area contributed by atoms with Crippen LogP contribution in [-0.4, -0.2) is 59.6 Å². The Hall–Kier alpha value is -1.63. The van der Waals surface area contributed by atoms with Gasteiger partial charge in [-0.3, -0.25) is 14.4 Å². The Balaban J connectivity index is 2.56. The number of amides is 2. The second-order valence-electron chi connectivity index (χ2n) is 5.13. The van der Waals surface area contributed by atoms with E-state index in [-0.39, 0.29) is 31.1 Å². The van der Waals surface area contributed by atoms with Crippen LogP contribution in [-0.2, 0) is 19.1 Å². The number of hydrogen-bond acceptors (Lipinski definition) is 4. The fourth-order valence-electron chi connectivity index (χ4n) is 2.04. The zero-order valence-electron chi connectivity index (χ0n) is 11.9. The number of nitrogens with one attached hydrogen (secondary N) is 1. The van der Waals surface area contributed by atoms with Crippen LogP contribution in [0.25, 0.3) is 0 Å². The Kier molecular flexibility index (Phi) is 6.44. The van der Waals surface area contributed by atoms with E-state index in [1.807, 2.05) is 13.8 Å². The van der Waals surface area contributed by atoms with E-state index in [1.54, 1.807) is 0 Å². The molecule has 1 saturated heterocycles. The largest absolute Gasteiger partial charge is 0.480 e. The molecule has 1 aliphatic rings. The maximum Gasteiger partial charge on any atom is 0.323 e. The first-order chi connectivity index (χ1) is 9.40. The van der Waals surface area contributed by atoms with E-state index in [0.29, 0.717) is 13.0 Å². The van der Waals surface area contributed by atoms with Gasteiger partial charge in [-0.1, -0.05) is 0 Å². The highest BCUT2D eigenvalue weighted by molar-refractivity contribution is 5.89. The van der Waals surface area contributed by atoms with Gasteiger partial charge in [-0.15, -0.1) is 0 Å². The summed E-state index contributed by atoms with van der Waals surface area (Å²) in [4.78, 5) is 35.9. The summed E-state index contributed by atoms with van der Waals surface area (Å²) < 4.78 is 5.17. The number of aliphatic carboxylic acids is 1. The SMILES string of the molecule is CC(C)OCC(=O)NC1CCCCN(CC(=O)O)C1=O. The zero-order valence-corrected chi connectivity index (χ0v) is 11.9. The molecule has 0 spiro atoms. The van der Waals surface area contributed by atoms with Crippen LogP contribution in [0.4, 0.5) is 0 Å². The number of hydrogen-bond donors (Lipinski definition) is 2. The molecule has 2 N–H and O–H groups in total. The number of carbonyl (C=O) groups is 3. The van der Waals surface area contributed by atoms with Crippen LogP contribution in [0.2, 0.25) is 0 Å². The molecule has 1 fully saturated rings. The van der Waals surface area contributed by atoms with Gasteiger partial charge in [0.25, 0.3) is 0 Å². The molecule has 7 nitrogen and oxygen atoms in total. The van der Waals surface area contributed by atoms with Gasteiger partial charge in [-0.25, -0.2) is 0 Å². The maximum absolute atomic E-state index is 12.2. The van der Waals surface area contributed by atoms with Crippen LogP contribution in [0.15, 0.2) is 0 Å². The number of carboxylic acids is 1. The molecule has 0 aromatic carbocycles. The molecule has 2 amide bonds.